The molecule has 19 heteroatoms. The number of carbonyl (C=O) groups is 1. The molecule has 224 valence electrons. The van der Waals surface area contributed by atoms with Crippen LogP contribution in [0.2, 0.25) is 0 Å². The van der Waals surface area contributed by atoms with Gasteiger partial charge in [-0.2, -0.15) is 26.6 Å². The summed E-state index contributed by atoms with van der Waals surface area (Å²) in [5.74, 6) is -2.96. The number of aliphatic hydroxyl groups excluding tert-OH is 1. The van der Waals surface area contributed by atoms with Gasteiger partial charge in [0.15, 0.2) is 6.10 Å². The minimum atomic E-state index is -4.88. The lowest BCUT2D eigenvalue weighted by molar-refractivity contribution is -0.259. The maximum atomic E-state index is 11.6. The molecule has 2 fully saturated rings. The van der Waals surface area contributed by atoms with Crippen LogP contribution in [0, 0.1) is 11.8 Å². The predicted molar refractivity (Wildman–Crippen MR) is 123 cm³/mol. The van der Waals surface area contributed by atoms with E-state index in [0.29, 0.717) is 0 Å². The van der Waals surface area contributed by atoms with Crippen LogP contribution in [-0.2, 0) is 53.0 Å². The molecular weight excluding hydrogens is 562 g/mol. The van der Waals surface area contributed by atoms with Crippen LogP contribution >= 0.6 is 0 Å². The Morgan fingerprint density at radius 2 is 1.71 bits per heavy atom. The van der Waals surface area contributed by atoms with Crippen LogP contribution in [0.3, 0.4) is 0 Å². The number of aliphatic hydroxyl groups is 2. The number of carboxylic acid groups (broad SMARTS) is 1. The first-order valence-electron chi connectivity index (χ1n) is 11.5. The summed E-state index contributed by atoms with van der Waals surface area (Å²) < 4.78 is 92.7. The standard InChI is InChI=1S/C19H35NO16S2/c1-4-11-16(18(22)23)35-15(19(2,24)17(11)21)9-32-6-10-5-12(20-36-38(28,29)30)14(7-31-3)34-13(10)8-33-37(25,26)27/h10-17,20-21,24H,4-9H2,1-3H3,(H,22,23)(H,25,26,27)(H,28,29,30). The van der Waals surface area contributed by atoms with Gasteiger partial charge in [-0.3, -0.25) is 9.11 Å². The van der Waals surface area contributed by atoms with E-state index in [1.807, 2.05) is 0 Å². The lowest BCUT2D eigenvalue weighted by Gasteiger charge is -2.47. The maximum Gasteiger partial charge on any atom is 0.413 e. The highest BCUT2D eigenvalue weighted by Gasteiger charge is 2.53. The Morgan fingerprint density at radius 3 is 2.24 bits per heavy atom. The predicted octanol–water partition coefficient (Wildman–Crippen LogP) is -2.07. The average Bonchev–Trinajstić information content (AvgIpc) is 2.79. The fourth-order valence-electron chi connectivity index (χ4n) is 4.55. The fraction of sp³-hybridized carbons (Fsp3) is 0.947. The van der Waals surface area contributed by atoms with Crippen LogP contribution in [0.5, 0.6) is 0 Å². The number of hydrogen-bond acceptors (Lipinski definition) is 14. The summed E-state index contributed by atoms with van der Waals surface area (Å²) in [4.78, 5) is 11.6. The van der Waals surface area contributed by atoms with Gasteiger partial charge in [-0.25, -0.2) is 8.98 Å². The molecule has 17 nitrogen and oxygen atoms in total. The zero-order chi connectivity index (χ0) is 28.9. The van der Waals surface area contributed by atoms with Gasteiger partial charge in [0.1, 0.15) is 11.7 Å². The molecule has 0 aromatic rings. The van der Waals surface area contributed by atoms with Gasteiger partial charge in [0.25, 0.3) is 0 Å². The van der Waals surface area contributed by atoms with E-state index in [2.05, 4.69) is 13.9 Å². The first-order chi connectivity index (χ1) is 17.5. The van der Waals surface area contributed by atoms with Crippen molar-refractivity contribution in [2.45, 2.75) is 68.9 Å². The molecule has 2 rings (SSSR count). The zero-order valence-electron chi connectivity index (χ0n) is 20.9. The lowest BCUT2D eigenvalue weighted by atomic mass is 9.77. The molecule has 0 radical (unpaired) electrons. The van der Waals surface area contributed by atoms with Gasteiger partial charge in [-0.05, 0) is 19.8 Å². The highest BCUT2D eigenvalue weighted by Crippen LogP contribution is 2.36. The number of hydroxylamine groups is 1. The molecule has 0 aromatic heterocycles. The summed E-state index contributed by atoms with van der Waals surface area (Å²) in [6, 6.07) is -0.926. The van der Waals surface area contributed by atoms with Gasteiger partial charge < -0.3 is 34.3 Å². The van der Waals surface area contributed by atoms with Crippen LogP contribution in [0.15, 0.2) is 0 Å². The second kappa shape index (κ2) is 13.5. The van der Waals surface area contributed by atoms with Gasteiger partial charge in [0.2, 0.25) is 0 Å². The normalized spacial score (nSPS) is 36.7. The molecule has 0 bridgehead atoms. The molecule has 0 aromatic carbocycles. The molecule has 6 N–H and O–H groups in total. The molecule has 2 aliphatic heterocycles. The molecule has 2 heterocycles. The average molecular weight is 598 g/mol. The molecule has 2 saturated heterocycles. The Morgan fingerprint density at radius 1 is 1.05 bits per heavy atom. The quantitative estimate of drug-likeness (QED) is 0.0928. The fourth-order valence-corrected chi connectivity index (χ4v) is 5.10. The topological polar surface area (TPSA) is 254 Å². The van der Waals surface area contributed by atoms with Gasteiger partial charge in [-0.1, -0.05) is 6.92 Å². The second-order valence-electron chi connectivity index (χ2n) is 9.28. The third-order valence-corrected chi connectivity index (χ3v) is 7.31. The summed E-state index contributed by atoms with van der Waals surface area (Å²) >= 11 is 0. The van der Waals surface area contributed by atoms with Crippen molar-refractivity contribution >= 4 is 26.8 Å². The van der Waals surface area contributed by atoms with Crippen molar-refractivity contribution < 1.29 is 73.5 Å². The highest BCUT2D eigenvalue weighted by molar-refractivity contribution is 7.81. The van der Waals surface area contributed by atoms with Crippen LogP contribution in [0.1, 0.15) is 26.7 Å². The van der Waals surface area contributed by atoms with E-state index in [1.165, 1.54) is 14.0 Å². The van der Waals surface area contributed by atoms with E-state index >= 15 is 0 Å². The Kier molecular flexibility index (Phi) is 11.8. The number of rotatable bonds is 14. The molecular formula is C19H35NO16S2. The van der Waals surface area contributed by atoms with Crippen molar-refractivity contribution in [3.8, 4) is 0 Å². The second-order valence-corrected chi connectivity index (χ2v) is 11.4. The van der Waals surface area contributed by atoms with E-state index < -0.39 is 94.0 Å². The molecule has 2 aliphatic rings. The van der Waals surface area contributed by atoms with Crippen LogP contribution in [0.25, 0.3) is 0 Å². The summed E-state index contributed by atoms with van der Waals surface area (Å²) in [6.07, 6.45) is -5.87. The molecule has 38 heavy (non-hydrogen) atoms. The van der Waals surface area contributed by atoms with Crippen molar-refractivity contribution in [3.63, 3.8) is 0 Å². The number of ether oxygens (including phenoxy) is 4. The van der Waals surface area contributed by atoms with E-state index in [-0.39, 0.29) is 26.1 Å². The van der Waals surface area contributed by atoms with E-state index in [9.17, 15) is 36.9 Å². The zero-order valence-corrected chi connectivity index (χ0v) is 22.5. The summed E-state index contributed by atoms with van der Waals surface area (Å²) in [7, 11) is -8.40. The number of carboxylic acids is 1. The van der Waals surface area contributed by atoms with Gasteiger partial charge in [0, 0.05) is 18.9 Å². The number of methoxy groups -OCH3 is 1. The SMILES string of the molecule is CCC1C(C(=O)O)OC(COCC2CC(NOS(=O)(=O)O)C(COC)OC2COS(=O)(=O)O)C(C)(O)C1O. The number of nitrogens with one attached hydrogen (secondary N) is 1. The van der Waals surface area contributed by atoms with Gasteiger partial charge in [-0.15, -0.1) is 0 Å². The Bertz CT molecular complexity index is 989. The Hall–Kier alpha value is -1.07. The monoisotopic (exact) mass is 597 g/mol. The maximum absolute atomic E-state index is 11.6. The van der Waals surface area contributed by atoms with Crippen LogP contribution in [0.4, 0.5) is 0 Å². The van der Waals surface area contributed by atoms with Crippen molar-refractivity contribution in [2.75, 3.05) is 33.5 Å². The van der Waals surface area contributed by atoms with Crippen molar-refractivity contribution in [3.05, 3.63) is 0 Å². The lowest BCUT2D eigenvalue weighted by Crippen LogP contribution is -2.64. The van der Waals surface area contributed by atoms with Gasteiger partial charge >= 0.3 is 26.8 Å². The largest absolute Gasteiger partial charge is 0.479 e. The molecule has 0 saturated carbocycles. The van der Waals surface area contributed by atoms with Crippen LogP contribution in [-0.4, -0.2) is 123 Å². The Labute approximate surface area is 220 Å². The molecule has 9 unspecified atom stereocenters. The third kappa shape index (κ3) is 9.25. The highest BCUT2D eigenvalue weighted by atomic mass is 32.3. The van der Waals surface area contributed by atoms with Crippen molar-refractivity contribution in [1.29, 1.82) is 0 Å². The third-order valence-electron chi connectivity index (χ3n) is 6.57. The first kappa shape index (κ1) is 33.1. The first-order valence-corrected chi connectivity index (χ1v) is 14.3. The van der Waals surface area contributed by atoms with E-state index in [0.717, 1.165) is 0 Å². The van der Waals surface area contributed by atoms with E-state index in [4.69, 9.17) is 28.1 Å². The number of aliphatic carboxylic acids is 1. The van der Waals surface area contributed by atoms with Gasteiger partial charge in [0.05, 0.1) is 50.8 Å². The molecule has 0 aliphatic carbocycles. The van der Waals surface area contributed by atoms with E-state index in [1.54, 1.807) is 6.92 Å². The summed E-state index contributed by atoms with van der Waals surface area (Å²) in [5, 5.41) is 30.9. The molecule has 0 spiro atoms. The smallest absolute Gasteiger partial charge is 0.413 e. The summed E-state index contributed by atoms with van der Waals surface area (Å²) in [5.41, 5.74) is 0.263. The van der Waals surface area contributed by atoms with Crippen LogP contribution < -0.4 is 5.48 Å². The minimum absolute atomic E-state index is 0.0107. The minimum Gasteiger partial charge on any atom is -0.479 e. The van der Waals surface area contributed by atoms with Crippen molar-refractivity contribution in [2.24, 2.45) is 11.8 Å². The Balaban J connectivity index is 2.16. The molecule has 9 atom stereocenters. The summed E-state index contributed by atoms with van der Waals surface area (Å²) in [6.45, 7) is 1.51. The molecule has 0 amide bonds. The number of hydrogen-bond donors (Lipinski definition) is 6. The van der Waals surface area contributed by atoms with Crippen molar-refractivity contribution in [1.82, 2.24) is 5.48 Å².